The van der Waals surface area contributed by atoms with Gasteiger partial charge in [0, 0.05) is 41.5 Å². The van der Waals surface area contributed by atoms with Crippen LogP contribution in [0.4, 0.5) is 0 Å². The van der Waals surface area contributed by atoms with E-state index in [0.717, 1.165) is 34.2 Å². The molecule has 0 unspecified atom stereocenters. The number of carbonyl (C=O) groups excluding carboxylic acids is 1. The molecule has 4 aromatic rings. The molecule has 6 rings (SSSR count). The van der Waals surface area contributed by atoms with Crippen molar-refractivity contribution >= 4 is 38.4 Å². The summed E-state index contributed by atoms with van der Waals surface area (Å²) in [5, 5.41) is 10.9. The molecule has 0 atom stereocenters. The molecule has 1 fully saturated rings. The zero-order valence-electron chi connectivity index (χ0n) is 24.7. The van der Waals surface area contributed by atoms with Gasteiger partial charge in [-0.3, -0.25) is 9.78 Å². The minimum Gasteiger partial charge on any atom is -0.493 e. The molecule has 3 heterocycles. The first-order chi connectivity index (χ1) is 18.8. The van der Waals surface area contributed by atoms with E-state index in [0.29, 0.717) is 25.6 Å². The van der Waals surface area contributed by atoms with E-state index in [1.165, 1.54) is 44.8 Å². The molecule has 0 bridgehead atoms. The van der Waals surface area contributed by atoms with Gasteiger partial charge in [-0.1, -0.05) is 0 Å². The highest BCUT2D eigenvalue weighted by Crippen LogP contribution is 2.48. The number of aromatic nitrogens is 2. The maximum atomic E-state index is 12.4. The van der Waals surface area contributed by atoms with E-state index in [9.17, 15) is 4.79 Å². The lowest BCUT2D eigenvalue weighted by Crippen LogP contribution is -2.24. The number of aryl methyl sites for hydroxylation is 1. The summed E-state index contributed by atoms with van der Waals surface area (Å²) in [6, 6.07) is 8.54. The second-order valence-electron chi connectivity index (χ2n) is 12.9. The number of fused-ring (bicyclic) bond motifs is 1. The van der Waals surface area contributed by atoms with Crippen LogP contribution in [0.25, 0.3) is 32.2 Å². The number of carbonyl (C=O) groups is 1. The van der Waals surface area contributed by atoms with Crippen LogP contribution in [-0.4, -0.2) is 39.9 Å². The number of ether oxygens (including phenoxy) is 2. The Kier molecular flexibility index (Phi) is 7.66. The van der Waals surface area contributed by atoms with Crippen molar-refractivity contribution < 1.29 is 19.4 Å². The number of hydrogen-bond acceptors (Lipinski definition) is 7. The smallest absolute Gasteiger partial charge is 0.311 e. The third-order valence-electron chi connectivity index (χ3n) is 6.99. The number of thiazole rings is 1. The predicted molar refractivity (Wildman–Crippen MR) is 162 cm³/mol. The summed E-state index contributed by atoms with van der Waals surface area (Å²) in [4.78, 5) is 22.3. The molecule has 1 aliphatic carbocycles. The summed E-state index contributed by atoms with van der Waals surface area (Å²) in [7, 11) is 0. The highest BCUT2D eigenvalue weighted by molar-refractivity contribution is 7.19. The summed E-state index contributed by atoms with van der Waals surface area (Å²) in [5.41, 5.74) is 6.95. The molecule has 2 aromatic heterocycles. The summed E-state index contributed by atoms with van der Waals surface area (Å²) in [6.07, 6.45) is 5.90. The Labute approximate surface area is 240 Å². The quantitative estimate of drug-likeness (QED) is 0.254. The third-order valence-corrected chi connectivity index (χ3v) is 8.24. The van der Waals surface area contributed by atoms with Crippen LogP contribution in [0.3, 0.4) is 0 Å². The molecule has 212 valence electrons. The predicted octanol–water partition coefficient (Wildman–Crippen LogP) is 7.54. The Bertz CT molecular complexity index is 1560. The van der Waals surface area contributed by atoms with E-state index in [4.69, 9.17) is 24.5 Å². The molecule has 2 aliphatic rings. The molecule has 6 nitrogen and oxygen atoms in total. The molecule has 1 N–H and O–H groups in total. The van der Waals surface area contributed by atoms with Crippen molar-refractivity contribution in [3.63, 3.8) is 0 Å². The largest absolute Gasteiger partial charge is 0.493 e. The van der Waals surface area contributed by atoms with Crippen LogP contribution < -0.4 is 4.74 Å². The minimum absolute atomic E-state index is 0.174. The minimum atomic E-state index is -0.515. The van der Waals surface area contributed by atoms with Crippen LogP contribution in [0.2, 0.25) is 0 Å². The van der Waals surface area contributed by atoms with Crippen molar-refractivity contribution in [2.45, 2.75) is 85.7 Å². The number of hydrogen-bond donors (Lipinski definition) is 1. The number of rotatable bonds is 5. The second kappa shape index (κ2) is 10.7. The molecule has 40 heavy (non-hydrogen) atoms. The molecule has 7 heteroatoms. The fraction of sp³-hybridized carbons (Fsp3) is 0.485. The van der Waals surface area contributed by atoms with Crippen LogP contribution in [0.1, 0.15) is 82.0 Å². The van der Waals surface area contributed by atoms with Gasteiger partial charge in [-0.2, -0.15) is 0 Å². The average Bonchev–Trinajstić information content (AvgIpc) is 3.63. The van der Waals surface area contributed by atoms with E-state index in [2.05, 4.69) is 31.2 Å². The SMILES string of the molecule is CC(C)(C)O.Cc1cc2nc(C3CC3)sc2c(-c2ccc3c4c(ccnc24)CCO3)c1CCOC(=O)C(C)(C)C. The third kappa shape index (κ3) is 6.16. The van der Waals surface area contributed by atoms with Crippen molar-refractivity contribution in [3.05, 3.63) is 52.2 Å². The van der Waals surface area contributed by atoms with E-state index in [-0.39, 0.29) is 5.97 Å². The molecule has 0 radical (unpaired) electrons. The molecular weight excluding hydrogens is 520 g/mol. The monoisotopic (exact) mass is 560 g/mol. The topological polar surface area (TPSA) is 81.5 Å². The average molecular weight is 561 g/mol. The van der Waals surface area contributed by atoms with E-state index in [1.54, 1.807) is 20.8 Å². The fourth-order valence-corrected chi connectivity index (χ4v) is 6.23. The summed E-state index contributed by atoms with van der Waals surface area (Å²) >= 11 is 1.82. The number of esters is 1. The van der Waals surface area contributed by atoms with Crippen molar-refractivity contribution in [2.75, 3.05) is 13.2 Å². The second-order valence-corrected chi connectivity index (χ2v) is 14.0. The Morgan fingerprint density at radius 2 is 1.88 bits per heavy atom. The lowest BCUT2D eigenvalue weighted by molar-refractivity contribution is -0.152. The van der Waals surface area contributed by atoms with Crippen molar-refractivity contribution in [3.8, 4) is 16.9 Å². The van der Waals surface area contributed by atoms with Gasteiger partial charge in [0.25, 0.3) is 0 Å². The normalized spacial score (nSPS) is 15.0. The van der Waals surface area contributed by atoms with Crippen LogP contribution >= 0.6 is 11.3 Å². The van der Waals surface area contributed by atoms with Crippen molar-refractivity contribution in [2.24, 2.45) is 5.41 Å². The number of aliphatic hydroxyl groups is 1. The van der Waals surface area contributed by atoms with E-state index < -0.39 is 11.0 Å². The Hall–Kier alpha value is -3.03. The zero-order valence-corrected chi connectivity index (χ0v) is 25.5. The number of benzene rings is 2. The van der Waals surface area contributed by atoms with Gasteiger partial charge in [-0.05, 0) is 102 Å². The maximum absolute atomic E-state index is 12.4. The molecule has 0 saturated heterocycles. The van der Waals surface area contributed by atoms with Crippen LogP contribution in [-0.2, 0) is 22.4 Å². The molecule has 0 spiro atoms. The van der Waals surface area contributed by atoms with Gasteiger partial charge in [-0.15, -0.1) is 11.3 Å². The summed E-state index contributed by atoms with van der Waals surface area (Å²) < 4.78 is 12.9. The summed E-state index contributed by atoms with van der Waals surface area (Å²) in [6.45, 7) is 14.1. The zero-order chi connectivity index (χ0) is 28.8. The molecule has 0 amide bonds. The van der Waals surface area contributed by atoms with Gasteiger partial charge in [0.1, 0.15) is 5.75 Å². The van der Waals surface area contributed by atoms with Gasteiger partial charge in [0.15, 0.2) is 0 Å². The summed E-state index contributed by atoms with van der Waals surface area (Å²) in [5.74, 6) is 1.33. The Balaban J connectivity index is 0.000000595. The van der Waals surface area contributed by atoms with E-state index in [1.807, 2.05) is 38.3 Å². The van der Waals surface area contributed by atoms with Gasteiger partial charge >= 0.3 is 5.97 Å². The van der Waals surface area contributed by atoms with Crippen LogP contribution in [0.5, 0.6) is 5.75 Å². The number of nitrogens with zero attached hydrogens (tertiary/aromatic N) is 2. The van der Waals surface area contributed by atoms with Crippen LogP contribution in [0.15, 0.2) is 30.5 Å². The number of pyridine rings is 1. The Morgan fingerprint density at radius 3 is 2.55 bits per heavy atom. The first-order valence-corrected chi connectivity index (χ1v) is 15.0. The molecule has 1 aliphatic heterocycles. The Morgan fingerprint density at radius 1 is 1.15 bits per heavy atom. The highest BCUT2D eigenvalue weighted by atomic mass is 32.1. The lowest BCUT2D eigenvalue weighted by Gasteiger charge is -2.21. The first-order valence-electron chi connectivity index (χ1n) is 14.2. The standard InChI is InChI=1S/C29H30N2O3S.C4H10O/c1-16-15-21-26(35-27(31-21)18-5-6-18)24(19(16)11-14-34-28(32)29(2,3)4)20-7-8-22-23-17(10-13-33-22)9-12-30-25(20)23;1-4(2,3)5/h7-9,12,15,18H,5-6,10-11,13-14H2,1-4H3;5H,1-3H3. The van der Waals surface area contributed by atoms with E-state index >= 15 is 0 Å². The van der Waals surface area contributed by atoms with Crippen molar-refractivity contribution in [1.29, 1.82) is 0 Å². The van der Waals surface area contributed by atoms with Crippen LogP contribution in [0, 0.1) is 12.3 Å². The highest BCUT2D eigenvalue weighted by Gasteiger charge is 2.29. The van der Waals surface area contributed by atoms with Gasteiger partial charge in [-0.25, -0.2) is 4.98 Å². The fourth-order valence-electron chi connectivity index (χ4n) is 4.93. The van der Waals surface area contributed by atoms with Gasteiger partial charge in [0.2, 0.25) is 0 Å². The maximum Gasteiger partial charge on any atom is 0.311 e. The first kappa shape index (κ1) is 28.5. The van der Waals surface area contributed by atoms with Gasteiger partial charge < -0.3 is 14.6 Å². The molecule has 1 saturated carbocycles. The van der Waals surface area contributed by atoms with Gasteiger partial charge in [0.05, 0.1) is 45.0 Å². The lowest BCUT2D eigenvalue weighted by atomic mass is 9.90. The van der Waals surface area contributed by atoms with Crippen molar-refractivity contribution in [1.82, 2.24) is 9.97 Å². The molecule has 2 aromatic carbocycles. The molecular formula is C33H40N2O4S.